The Hall–Kier alpha value is -2.01. The van der Waals surface area contributed by atoms with Gasteiger partial charge in [0.15, 0.2) is 11.5 Å². The van der Waals surface area contributed by atoms with E-state index in [0.717, 1.165) is 21.3 Å². The van der Waals surface area contributed by atoms with Gasteiger partial charge >= 0.3 is 0 Å². The van der Waals surface area contributed by atoms with E-state index < -0.39 is 0 Å². The first-order valence-electron chi connectivity index (χ1n) is 6.94. The zero-order chi connectivity index (χ0) is 16.3. The Morgan fingerprint density at radius 2 is 1.91 bits per heavy atom. The highest BCUT2D eigenvalue weighted by Gasteiger charge is 2.15. The Bertz CT molecular complexity index is 700. The number of aromatic hydroxyl groups is 2. The summed E-state index contributed by atoms with van der Waals surface area (Å²) in [4.78, 5) is 12.3. The fraction of sp³-hybridized carbons (Fsp3) is 0.235. The van der Waals surface area contributed by atoms with Gasteiger partial charge in [-0.1, -0.05) is 19.1 Å². The lowest BCUT2D eigenvalue weighted by atomic mass is 10.00. The van der Waals surface area contributed by atoms with E-state index in [4.69, 9.17) is 0 Å². The van der Waals surface area contributed by atoms with Crippen molar-refractivity contribution in [2.45, 2.75) is 20.3 Å². The molecular weight excluding hydrogens is 346 g/mol. The molecule has 4 nitrogen and oxygen atoms in total. The standard InChI is InChI=1S/C17H18BrNO3/c1-10-3-5-14(13(18)7-10)19-17(22)11(2)8-12-4-6-15(20)16(21)9-12/h3-7,9,11,20-21H,8H2,1-2H3,(H,19,22). The van der Waals surface area contributed by atoms with Crippen molar-refractivity contribution in [2.75, 3.05) is 5.32 Å². The zero-order valence-corrected chi connectivity index (χ0v) is 14.0. The van der Waals surface area contributed by atoms with Crippen LogP contribution in [-0.2, 0) is 11.2 Å². The van der Waals surface area contributed by atoms with Crippen LogP contribution in [0.25, 0.3) is 0 Å². The number of halogens is 1. The summed E-state index contributed by atoms with van der Waals surface area (Å²) in [5.74, 6) is -0.704. The van der Waals surface area contributed by atoms with Gasteiger partial charge in [-0.15, -0.1) is 0 Å². The van der Waals surface area contributed by atoms with E-state index in [2.05, 4.69) is 21.2 Å². The van der Waals surface area contributed by atoms with E-state index in [1.54, 1.807) is 6.07 Å². The molecule has 0 fully saturated rings. The molecule has 0 aliphatic rings. The van der Waals surface area contributed by atoms with Crippen LogP contribution in [0.3, 0.4) is 0 Å². The number of hydrogen-bond donors (Lipinski definition) is 3. The van der Waals surface area contributed by atoms with Crippen LogP contribution in [0.15, 0.2) is 40.9 Å². The summed E-state index contributed by atoms with van der Waals surface area (Å²) in [6.45, 7) is 3.80. The minimum absolute atomic E-state index is 0.0999. The van der Waals surface area contributed by atoms with Crippen LogP contribution in [0.4, 0.5) is 5.69 Å². The first kappa shape index (κ1) is 16.4. The Morgan fingerprint density at radius 1 is 1.18 bits per heavy atom. The minimum atomic E-state index is -0.267. The third-order valence-corrected chi connectivity index (χ3v) is 4.07. The molecule has 3 N–H and O–H groups in total. The van der Waals surface area contributed by atoms with Gasteiger partial charge in [-0.25, -0.2) is 0 Å². The number of phenolic OH excluding ortho intramolecular Hbond substituents is 2. The monoisotopic (exact) mass is 363 g/mol. The molecule has 2 aromatic carbocycles. The molecule has 1 atom stereocenters. The highest BCUT2D eigenvalue weighted by atomic mass is 79.9. The number of aryl methyl sites for hydroxylation is 1. The van der Waals surface area contributed by atoms with Crippen molar-refractivity contribution in [3.63, 3.8) is 0 Å². The van der Waals surface area contributed by atoms with Crippen molar-refractivity contribution in [1.82, 2.24) is 0 Å². The Balaban J connectivity index is 2.04. The number of rotatable bonds is 4. The summed E-state index contributed by atoms with van der Waals surface area (Å²) < 4.78 is 0.843. The summed E-state index contributed by atoms with van der Waals surface area (Å²) in [7, 11) is 0. The normalized spacial score (nSPS) is 12.0. The maximum atomic E-state index is 12.3. The van der Waals surface area contributed by atoms with E-state index >= 15 is 0 Å². The average Bonchev–Trinajstić information content (AvgIpc) is 2.45. The second-order valence-electron chi connectivity index (χ2n) is 5.40. The van der Waals surface area contributed by atoms with Crippen LogP contribution in [0.5, 0.6) is 11.5 Å². The van der Waals surface area contributed by atoms with E-state index in [1.165, 1.54) is 12.1 Å². The van der Waals surface area contributed by atoms with Crippen molar-refractivity contribution in [1.29, 1.82) is 0 Å². The molecular formula is C17H18BrNO3. The Kier molecular flexibility index (Phi) is 5.08. The van der Waals surface area contributed by atoms with Crippen molar-refractivity contribution >= 4 is 27.5 Å². The van der Waals surface area contributed by atoms with Gasteiger partial charge in [0.05, 0.1) is 5.69 Å². The molecule has 2 aromatic rings. The topological polar surface area (TPSA) is 69.6 Å². The highest BCUT2D eigenvalue weighted by molar-refractivity contribution is 9.10. The number of carbonyl (C=O) groups is 1. The molecule has 5 heteroatoms. The van der Waals surface area contributed by atoms with Crippen LogP contribution < -0.4 is 5.32 Å². The quantitative estimate of drug-likeness (QED) is 0.719. The van der Waals surface area contributed by atoms with Crippen LogP contribution in [0.2, 0.25) is 0 Å². The summed E-state index contributed by atoms with van der Waals surface area (Å²) in [5.41, 5.74) is 2.63. The lowest BCUT2D eigenvalue weighted by Gasteiger charge is -2.14. The van der Waals surface area contributed by atoms with Crippen LogP contribution in [0.1, 0.15) is 18.1 Å². The number of nitrogens with one attached hydrogen (secondary N) is 1. The van der Waals surface area contributed by atoms with Crippen molar-refractivity contribution in [3.05, 3.63) is 52.0 Å². The van der Waals surface area contributed by atoms with E-state index in [0.29, 0.717) is 6.42 Å². The predicted molar refractivity (Wildman–Crippen MR) is 90.1 cm³/mol. The number of hydrogen-bond acceptors (Lipinski definition) is 3. The maximum absolute atomic E-state index is 12.3. The van der Waals surface area contributed by atoms with Gasteiger partial charge in [-0.2, -0.15) is 0 Å². The van der Waals surface area contributed by atoms with Crippen LogP contribution in [-0.4, -0.2) is 16.1 Å². The molecule has 1 amide bonds. The van der Waals surface area contributed by atoms with Gasteiger partial charge in [0.2, 0.25) is 5.91 Å². The van der Waals surface area contributed by atoms with Crippen molar-refractivity contribution in [3.8, 4) is 11.5 Å². The second kappa shape index (κ2) is 6.83. The zero-order valence-electron chi connectivity index (χ0n) is 12.4. The van der Waals surface area contributed by atoms with Crippen LogP contribution in [0, 0.1) is 12.8 Å². The summed E-state index contributed by atoms with van der Waals surface area (Å²) in [6.07, 6.45) is 0.475. The van der Waals surface area contributed by atoms with Gasteiger partial charge in [0.1, 0.15) is 0 Å². The maximum Gasteiger partial charge on any atom is 0.227 e. The fourth-order valence-electron chi connectivity index (χ4n) is 2.12. The number of carbonyl (C=O) groups excluding carboxylic acids is 1. The molecule has 0 saturated heterocycles. The second-order valence-corrected chi connectivity index (χ2v) is 6.26. The summed E-state index contributed by atoms with van der Waals surface area (Å²) in [6, 6.07) is 10.3. The van der Waals surface area contributed by atoms with Crippen molar-refractivity contribution < 1.29 is 15.0 Å². The lowest BCUT2D eigenvalue weighted by molar-refractivity contribution is -0.119. The minimum Gasteiger partial charge on any atom is -0.504 e. The largest absolute Gasteiger partial charge is 0.504 e. The van der Waals surface area contributed by atoms with Crippen molar-refractivity contribution in [2.24, 2.45) is 5.92 Å². The van der Waals surface area contributed by atoms with Gasteiger partial charge in [-0.3, -0.25) is 4.79 Å². The molecule has 1 unspecified atom stereocenters. The van der Waals surface area contributed by atoms with E-state index in [9.17, 15) is 15.0 Å². The SMILES string of the molecule is Cc1ccc(NC(=O)C(C)Cc2ccc(O)c(O)c2)c(Br)c1. The molecule has 0 bridgehead atoms. The molecule has 116 valence electrons. The fourth-order valence-corrected chi connectivity index (χ4v) is 2.71. The first-order chi connectivity index (χ1) is 10.4. The van der Waals surface area contributed by atoms with Gasteiger partial charge in [0, 0.05) is 10.4 Å². The molecule has 0 spiro atoms. The number of phenols is 2. The molecule has 0 aromatic heterocycles. The number of benzene rings is 2. The third kappa shape index (κ3) is 4.01. The van der Waals surface area contributed by atoms with Gasteiger partial charge in [0.25, 0.3) is 0 Å². The van der Waals surface area contributed by atoms with Crippen LogP contribution >= 0.6 is 15.9 Å². The summed E-state index contributed by atoms with van der Waals surface area (Å²) in [5, 5.41) is 21.7. The molecule has 2 rings (SSSR count). The molecule has 0 heterocycles. The van der Waals surface area contributed by atoms with Gasteiger partial charge < -0.3 is 15.5 Å². The molecule has 22 heavy (non-hydrogen) atoms. The van der Waals surface area contributed by atoms with E-state index in [1.807, 2.05) is 32.0 Å². The Labute approximate surface area is 137 Å². The molecule has 0 saturated carbocycles. The first-order valence-corrected chi connectivity index (χ1v) is 7.74. The smallest absolute Gasteiger partial charge is 0.227 e. The number of anilines is 1. The summed E-state index contributed by atoms with van der Waals surface area (Å²) >= 11 is 3.43. The average molecular weight is 364 g/mol. The van der Waals surface area contributed by atoms with E-state index in [-0.39, 0.29) is 23.3 Å². The van der Waals surface area contributed by atoms with Gasteiger partial charge in [-0.05, 0) is 64.7 Å². The Morgan fingerprint density at radius 3 is 2.55 bits per heavy atom. The number of amides is 1. The molecule has 0 radical (unpaired) electrons. The lowest BCUT2D eigenvalue weighted by Crippen LogP contribution is -2.22. The predicted octanol–water partition coefficient (Wildman–Crippen LogP) is 3.99. The molecule has 0 aliphatic heterocycles. The third-order valence-electron chi connectivity index (χ3n) is 3.41. The highest BCUT2D eigenvalue weighted by Crippen LogP contribution is 2.27. The molecule has 0 aliphatic carbocycles.